The second kappa shape index (κ2) is 4.78. The maximum absolute atomic E-state index is 10.9. The van der Waals surface area contributed by atoms with E-state index in [-0.39, 0.29) is 5.91 Å². The predicted molar refractivity (Wildman–Crippen MR) is 56.0 cm³/mol. The van der Waals surface area contributed by atoms with Gasteiger partial charge in [0.1, 0.15) is 0 Å². The van der Waals surface area contributed by atoms with Gasteiger partial charge < -0.3 is 10.6 Å². The molecule has 2 N–H and O–H groups in total. The molecule has 0 radical (unpaired) electrons. The Hall–Kier alpha value is -0.570. The highest BCUT2D eigenvalue weighted by Gasteiger charge is 2.21. The van der Waals surface area contributed by atoms with E-state index in [1.54, 1.807) is 0 Å². The third kappa shape index (κ3) is 3.29. The van der Waals surface area contributed by atoms with Gasteiger partial charge in [0.15, 0.2) is 0 Å². The maximum atomic E-state index is 10.9. The minimum absolute atomic E-state index is 0.217. The number of carbonyl (C=O) groups is 1. The van der Waals surface area contributed by atoms with Gasteiger partial charge >= 0.3 is 0 Å². The molecule has 1 saturated carbocycles. The van der Waals surface area contributed by atoms with Gasteiger partial charge in [-0.2, -0.15) is 0 Å². The lowest BCUT2D eigenvalue weighted by Crippen LogP contribution is -2.35. The van der Waals surface area contributed by atoms with Crippen LogP contribution in [0.1, 0.15) is 38.5 Å². The largest absolute Gasteiger partial charge is 0.352 e. The maximum Gasteiger partial charge on any atom is 0.220 e. The number of nitrogens with one attached hydrogen (secondary N) is 2. The Bertz CT molecular complexity index is 201. The molecule has 14 heavy (non-hydrogen) atoms. The van der Waals surface area contributed by atoms with Crippen molar-refractivity contribution in [3.05, 3.63) is 0 Å². The highest BCUT2D eigenvalue weighted by atomic mass is 16.1. The molecule has 1 aliphatic heterocycles. The number of carbonyl (C=O) groups excluding carboxylic acids is 1. The summed E-state index contributed by atoms with van der Waals surface area (Å²) in [6.07, 6.45) is 7.33. The van der Waals surface area contributed by atoms with Crippen LogP contribution in [0, 0.1) is 5.92 Å². The van der Waals surface area contributed by atoms with Crippen LogP contribution in [0.15, 0.2) is 0 Å². The average molecular weight is 196 g/mol. The minimum atomic E-state index is 0.217. The van der Waals surface area contributed by atoms with E-state index in [1.165, 1.54) is 25.7 Å². The molecule has 2 fully saturated rings. The van der Waals surface area contributed by atoms with Gasteiger partial charge in [0.2, 0.25) is 5.91 Å². The van der Waals surface area contributed by atoms with E-state index in [1.807, 2.05) is 0 Å². The van der Waals surface area contributed by atoms with Crippen LogP contribution in [0.3, 0.4) is 0 Å². The molecule has 2 rings (SSSR count). The van der Waals surface area contributed by atoms with Crippen LogP contribution in [-0.4, -0.2) is 25.0 Å². The summed E-state index contributed by atoms with van der Waals surface area (Å²) in [7, 11) is 0. The van der Waals surface area contributed by atoms with Gasteiger partial charge in [0, 0.05) is 19.0 Å². The first-order valence-electron chi connectivity index (χ1n) is 5.84. The molecular weight excluding hydrogens is 176 g/mol. The van der Waals surface area contributed by atoms with Crippen LogP contribution < -0.4 is 10.6 Å². The van der Waals surface area contributed by atoms with Crippen molar-refractivity contribution >= 4 is 5.91 Å². The van der Waals surface area contributed by atoms with E-state index >= 15 is 0 Å². The minimum Gasteiger partial charge on any atom is -0.352 e. The first-order valence-corrected chi connectivity index (χ1v) is 5.84. The summed E-state index contributed by atoms with van der Waals surface area (Å²) >= 11 is 0. The zero-order valence-corrected chi connectivity index (χ0v) is 8.72. The summed E-state index contributed by atoms with van der Waals surface area (Å²) in [6.45, 7) is 2.07. The van der Waals surface area contributed by atoms with Crippen LogP contribution in [0.5, 0.6) is 0 Å². The fourth-order valence-electron chi connectivity index (χ4n) is 2.03. The summed E-state index contributed by atoms with van der Waals surface area (Å²) in [5.41, 5.74) is 0. The molecule has 1 heterocycles. The highest BCUT2D eigenvalue weighted by Crippen LogP contribution is 2.33. The zero-order valence-electron chi connectivity index (χ0n) is 8.72. The summed E-state index contributed by atoms with van der Waals surface area (Å²) in [6, 6.07) is 0.392. The molecule has 80 valence electrons. The summed E-state index contributed by atoms with van der Waals surface area (Å²) in [5, 5.41) is 6.38. The molecule has 3 heteroatoms. The van der Waals surface area contributed by atoms with Crippen molar-refractivity contribution in [1.29, 1.82) is 0 Å². The SMILES string of the molecule is O=C1CCC(CNCCCC2CC2)N1. The number of amides is 1. The lowest BCUT2D eigenvalue weighted by molar-refractivity contribution is -0.119. The van der Waals surface area contributed by atoms with Gasteiger partial charge in [-0.1, -0.05) is 12.8 Å². The zero-order chi connectivity index (χ0) is 9.80. The molecule has 0 aromatic carbocycles. The second-order valence-electron chi connectivity index (χ2n) is 4.59. The molecule has 1 atom stereocenters. The lowest BCUT2D eigenvalue weighted by atomic mass is 10.2. The molecular formula is C11H20N2O. The predicted octanol–water partition coefficient (Wildman–Crippen LogP) is 1.04. The van der Waals surface area contributed by atoms with Gasteiger partial charge in [-0.05, 0) is 31.7 Å². The monoisotopic (exact) mass is 196 g/mol. The molecule has 0 aromatic rings. The Balaban J connectivity index is 1.44. The van der Waals surface area contributed by atoms with Crippen molar-refractivity contribution < 1.29 is 4.79 Å². The quantitative estimate of drug-likeness (QED) is 0.623. The van der Waals surface area contributed by atoms with Crippen LogP contribution >= 0.6 is 0 Å². The van der Waals surface area contributed by atoms with Crippen molar-refractivity contribution in [3.63, 3.8) is 0 Å². The standard InChI is InChI=1S/C11H20N2O/c14-11-6-5-10(13-11)8-12-7-1-2-9-3-4-9/h9-10,12H,1-8H2,(H,13,14). The van der Waals surface area contributed by atoms with Gasteiger partial charge in [0.05, 0.1) is 0 Å². The van der Waals surface area contributed by atoms with Crippen molar-refractivity contribution in [3.8, 4) is 0 Å². The normalized spacial score (nSPS) is 26.6. The molecule has 2 aliphatic rings. The van der Waals surface area contributed by atoms with Gasteiger partial charge in [-0.25, -0.2) is 0 Å². The van der Waals surface area contributed by atoms with E-state index in [2.05, 4.69) is 10.6 Å². The number of hydrogen-bond donors (Lipinski definition) is 2. The van der Waals surface area contributed by atoms with Crippen LogP contribution in [0.4, 0.5) is 0 Å². The first-order chi connectivity index (χ1) is 6.84. The Morgan fingerprint density at radius 1 is 1.36 bits per heavy atom. The van der Waals surface area contributed by atoms with Crippen molar-refractivity contribution in [2.45, 2.75) is 44.6 Å². The Morgan fingerprint density at radius 3 is 2.86 bits per heavy atom. The van der Waals surface area contributed by atoms with Crippen LogP contribution in [0.25, 0.3) is 0 Å². The van der Waals surface area contributed by atoms with Gasteiger partial charge in [-0.3, -0.25) is 4.79 Å². The van der Waals surface area contributed by atoms with Crippen molar-refractivity contribution in [2.75, 3.05) is 13.1 Å². The Labute approximate surface area is 85.6 Å². The third-order valence-corrected chi connectivity index (χ3v) is 3.14. The van der Waals surface area contributed by atoms with E-state index in [9.17, 15) is 4.79 Å². The molecule has 0 spiro atoms. The van der Waals surface area contributed by atoms with Crippen LogP contribution in [-0.2, 0) is 4.79 Å². The molecule has 1 unspecified atom stereocenters. The molecule has 0 aromatic heterocycles. The molecule has 0 bridgehead atoms. The summed E-state index contributed by atoms with van der Waals surface area (Å²) in [4.78, 5) is 10.9. The number of rotatable bonds is 6. The molecule has 1 aliphatic carbocycles. The second-order valence-corrected chi connectivity index (χ2v) is 4.59. The lowest BCUT2D eigenvalue weighted by Gasteiger charge is -2.10. The molecule has 3 nitrogen and oxygen atoms in total. The smallest absolute Gasteiger partial charge is 0.220 e. The average Bonchev–Trinajstić information content (AvgIpc) is 2.89. The highest BCUT2D eigenvalue weighted by molar-refractivity contribution is 5.78. The van der Waals surface area contributed by atoms with Gasteiger partial charge in [-0.15, -0.1) is 0 Å². The van der Waals surface area contributed by atoms with Crippen molar-refractivity contribution in [2.24, 2.45) is 5.92 Å². The summed E-state index contributed by atoms with van der Waals surface area (Å²) in [5.74, 6) is 1.26. The van der Waals surface area contributed by atoms with Gasteiger partial charge in [0.25, 0.3) is 0 Å². The summed E-state index contributed by atoms with van der Waals surface area (Å²) < 4.78 is 0. The Kier molecular flexibility index (Phi) is 3.40. The first kappa shape index (κ1) is 9.97. The Morgan fingerprint density at radius 2 is 2.21 bits per heavy atom. The van der Waals surface area contributed by atoms with E-state index < -0.39 is 0 Å². The number of hydrogen-bond acceptors (Lipinski definition) is 2. The fraction of sp³-hybridized carbons (Fsp3) is 0.909. The molecule has 1 saturated heterocycles. The fourth-order valence-corrected chi connectivity index (χ4v) is 2.03. The van der Waals surface area contributed by atoms with E-state index in [0.717, 1.165) is 25.4 Å². The molecule has 1 amide bonds. The topological polar surface area (TPSA) is 41.1 Å². The van der Waals surface area contributed by atoms with E-state index in [4.69, 9.17) is 0 Å². The third-order valence-electron chi connectivity index (χ3n) is 3.14. The van der Waals surface area contributed by atoms with Crippen molar-refractivity contribution in [1.82, 2.24) is 10.6 Å². The van der Waals surface area contributed by atoms with Crippen LogP contribution in [0.2, 0.25) is 0 Å². The van der Waals surface area contributed by atoms with E-state index in [0.29, 0.717) is 12.5 Å².